The number of hydrogen-bond donors (Lipinski definition) is 1. The predicted molar refractivity (Wildman–Crippen MR) is 81.7 cm³/mol. The molecule has 0 aliphatic carbocycles. The second-order valence-corrected chi connectivity index (χ2v) is 4.92. The number of hydrogen-bond acceptors (Lipinski definition) is 3. The van der Waals surface area contributed by atoms with E-state index in [9.17, 15) is 18.0 Å². The van der Waals surface area contributed by atoms with E-state index in [1.54, 1.807) is 30.3 Å². The summed E-state index contributed by atoms with van der Waals surface area (Å²) in [7, 11) is 1.50. The first-order chi connectivity index (χ1) is 11.4. The lowest BCUT2D eigenvalue weighted by Gasteiger charge is -2.14. The molecule has 0 bridgehead atoms. The average Bonchev–Trinajstić information content (AvgIpc) is 2.53. The molecule has 0 spiro atoms. The molecule has 0 aromatic heterocycles. The topological polar surface area (TPSA) is 47.6 Å². The van der Waals surface area contributed by atoms with Crippen LogP contribution in [0, 0.1) is 0 Å². The molecule has 1 N–H and O–H groups in total. The fourth-order valence-corrected chi connectivity index (χ4v) is 2.15. The molecular formula is C17H16F3NO3. The molecule has 0 saturated carbocycles. The minimum Gasteiger partial charge on any atom is -0.496 e. The average molecular weight is 339 g/mol. The van der Waals surface area contributed by atoms with Crippen LogP contribution in [-0.2, 0) is 17.8 Å². The zero-order valence-electron chi connectivity index (χ0n) is 12.9. The van der Waals surface area contributed by atoms with E-state index in [1.807, 2.05) is 0 Å². The lowest BCUT2D eigenvalue weighted by atomic mass is 10.1. The van der Waals surface area contributed by atoms with E-state index in [0.29, 0.717) is 11.3 Å². The van der Waals surface area contributed by atoms with Crippen molar-refractivity contribution in [2.24, 2.45) is 0 Å². The van der Waals surface area contributed by atoms with Gasteiger partial charge in [-0.1, -0.05) is 36.4 Å². The number of carbonyl (C=O) groups excluding carboxylic acids is 1. The number of ether oxygens (including phenoxy) is 2. The van der Waals surface area contributed by atoms with Crippen LogP contribution in [0.1, 0.15) is 11.1 Å². The maximum Gasteiger partial charge on any atom is 0.573 e. The van der Waals surface area contributed by atoms with Gasteiger partial charge in [0.2, 0.25) is 5.91 Å². The van der Waals surface area contributed by atoms with E-state index in [-0.39, 0.29) is 30.2 Å². The highest BCUT2D eigenvalue weighted by atomic mass is 19.4. The number of methoxy groups -OCH3 is 1. The minimum atomic E-state index is -4.78. The molecule has 7 heteroatoms. The second-order valence-electron chi connectivity index (χ2n) is 4.92. The van der Waals surface area contributed by atoms with Crippen LogP contribution in [0.25, 0.3) is 0 Å². The van der Waals surface area contributed by atoms with Crippen molar-refractivity contribution in [3.05, 3.63) is 59.7 Å². The van der Waals surface area contributed by atoms with E-state index in [2.05, 4.69) is 10.1 Å². The van der Waals surface area contributed by atoms with Gasteiger partial charge in [-0.2, -0.15) is 0 Å². The maximum atomic E-state index is 12.4. The summed E-state index contributed by atoms with van der Waals surface area (Å²) < 4.78 is 46.2. The molecule has 0 fully saturated rings. The number of para-hydroxylation sites is 2. The van der Waals surface area contributed by atoms with Crippen LogP contribution < -0.4 is 14.8 Å². The fraction of sp³-hybridized carbons (Fsp3) is 0.235. The number of carbonyl (C=O) groups is 1. The van der Waals surface area contributed by atoms with Crippen molar-refractivity contribution in [1.29, 1.82) is 0 Å². The summed E-state index contributed by atoms with van der Waals surface area (Å²) in [4.78, 5) is 12.0. The summed E-state index contributed by atoms with van der Waals surface area (Å²) in [6.07, 6.45) is -4.72. The van der Waals surface area contributed by atoms with Crippen LogP contribution in [-0.4, -0.2) is 19.4 Å². The van der Waals surface area contributed by atoms with Crippen LogP contribution in [0.3, 0.4) is 0 Å². The highest BCUT2D eigenvalue weighted by Crippen LogP contribution is 2.26. The first kappa shape index (κ1) is 17.7. The molecule has 2 aromatic carbocycles. The van der Waals surface area contributed by atoms with Gasteiger partial charge in [0.25, 0.3) is 0 Å². The molecule has 128 valence electrons. The summed E-state index contributed by atoms with van der Waals surface area (Å²) in [6, 6.07) is 12.7. The van der Waals surface area contributed by atoms with Crippen molar-refractivity contribution in [2.45, 2.75) is 19.3 Å². The van der Waals surface area contributed by atoms with E-state index < -0.39 is 6.36 Å². The molecular weight excluding hydrogens is 323 g/mol. The van der Waals surface area contributed by atoms with Gasteiger partial charge in [-0.25, -0.2) is 0 Å². The Balaban J connectivity index is 1.99. The number of benzene rings is 2. The van der Waals surface area contributed by atoms with Crippen molar-refractivity contribution in [2.75, 3.05) is 7.11 Å². The highest BCUT2D eigenvalue weighted by Gasteiger charge is 2.31. The maximum absolute atomic E-state index is 12.4. The third-order valence-electron chi connectivity index (χ3n) is 3.22. The van der Waals surface area contributed by atoms with Gasteiger partial charge in [0.1, 0.15) is 11.5 Å². The second kappa shape index (κ2) is 7.72. The smallest absolute Gasteiger partial charge is 0.496 e. The Hall–Kier alpha value is -2.70. The van der Waals surface area contributed by atoms with Gasteiger partial charge in [0.05, 0.1) is 13.5 Å². The lowest BCUT2D eigenvalue weighted by Crippen LogP contribution is -2.26. The standard InChI is InChI=1S/C17H16F3NO3/c1-23-14-8-4-2-6-12(14)10-16(22)21-11-13-7-3-5-9-15(13)24-17(18,19)20/h2-9H,10-11H2,1H3,(H,21,22). The van der Waals surface area contributed by atoms with Crippen LogP contribution in [0.4, 0.5) is 13.2 Å². The first-order valence-corrected chi connectivity index (χ1v) is 7.11. The molecule has 0 atom stereocenters. The number of nitrogens with one attached hydrogen (secondary N) is 1. The molecule has 0 aliphatic heterocycles. The molecule has 2 aromatic rings. The van der Waals surface area contributed by atoms with Crippen LogP contribution in [0.15, 0.2) is 48.5 Å². The first-order valence-electron chi connectivity index (χ1n) is 7.11. The Morgan fingerprint density at radius 1 is 1.00 bits per heavy atom. The van der Waals surface area contributed by atoms with Gasteiger partial charge < -0.3 is 14.8 Å². The molecule has 24 heavy (non-hydrogen) atoms. The van der Waals surface area contributed by atoms with Gasteiger partial charge in [0.15, 0.2) is 0 Å². The van der Waals surface area contributed by atoms with Crippen molar-refractivity contribution in [3.8, 4) is 11.5 Å². The molecule has 0 heterocycles. The summed E-state index contributed by atoms with van der Waals surface area (Å²) in [5, 5.41) is 2.58. The Labute approximate surface area is 137 Å². The zero-order chi connectivity index (χ0) is 17.6. The van der Waals surface area contributed by atoms with E-state index in [4.69, 9.17) is 4.74 Å². The number of rotatable bonds is 6. The molecule has 2 rings (SSSR count). The van der Waals surface area contributed by atoms with Crippen molar-refractivity contribution >= 4 is 5.91 Å². The summed E-state index contributed by atoms with van der Waals surface area (Å²) in [5.74, 6) is -0.0858. The Morgan fingerprint density at radius 2 is 1.58 bits per heavy atom. The number of alkyl halides is 3. The van der Waals surface area contributed by atoms with Crippen molar-refractivity contribution in [1.82, 2.24) is 5.32 Å². The fourth-order valence-electron chi connectivity index (χ4n) is 2.15. The van der Waals surface area contributed by atoms with Crippen molar-refractivity contribution < 1.29 is 27.4 Å². The SMILES string of the molecule is COc1ccccc1CC(=O)NCc1ccccc1OC(F)(F)F. The minimum absolute atomic E-state index is 0.0618. The molecule has 0 radical (unpaired) electrons. The molecule has 0 aliphatic rings. The third-order valence-corrected chi connectivity index (χ3v) is 3.22. The van der Waals surface area contributed by atoms with Crippen LogP contribution in [0.2, 0.25) is 0 Å². The zero-order valence-corrected chi connectivity index (χ0v) is 12.9. The summed E-state index contributed by atoms with van der Waals surface area (Å²) >= 11 is 0. The molecule has 4 nitrogen and oxygen atoms in total. The van der Waals surface area contributed by atoms with Crippen LogP contribution >= 0.6 is 0 Å². The largest absolute Gasteiger partial charge is 0.573 e. The van der Waals surface area contributed by atoms with Crippen LogP contribution in [0.5, 0.6) is 11.5 Å². The lowest BCUT2D eigenvalue weighted by molar-refractivity contribution is -0.274. The Bertz CT molecular complexity index is 701. The summed E-state index contributed by atoms with van der Waals surface area (Å²) in [5.41, 5.74) is 0.931. The van der Waals surface area contributed by atoms with Gasteiger partial charge >= 0.3 is 6.36 Å². The number of halogens is 3. The normalized spacial score (nSPS) is 11.0. The van der Waals surface area contributed by atoms with Gasteiger partial charge in [-0.15, -0.1) is 13.2 Å². The quantitative estimate of drug-likeness (QED) is 0.877. The molecule has 0 saturated heterocycles. The van der Waals surface area contributed by atoms with E-state index in [0.717, 1.165) is 0 Å². The Kier molecular flexibility index (Phi) is 5.68. The summed E-state index contributed by atoms with van der Waals surface area (Å²) in [6.45, 7) is -0.0692. The highest BCUT2D eigenvalue weighted by molar-refractivity contribution is 5.79. The predicted octanol–water partition coefficient (Wildman–Crippen LogP) is 3.45. The van der Waals surface area contributed by atoms with Gasteiger partial charge in [-0.3, -0.25) is 4.79 Å². The molecule has 0 unspecified atom stereocenters. The third kappa shape index (κ3) is 5.19. The molecule has 1 amide bonds. The van der Waals surface area contributed by atoms with Gasteiger partial charge in [-0.05, 0) is 12.1 Å². The Morgan fingerprint density at radius 3 is 2.21 bits per heavy atom. The number of amides is 1. The van der Waals surface area contributed by atoms with E-state index in [1.165, 1.54) is 25.3 Å². The van der Waals surface area contributed by atoms with Gasteiger partial charge in [0, 0.05) is 17.7 Å². The van der Waals surface area contributed by atoms with E-state index >= 15 is 0 Å². The monoisotopic (exact) mass is 339 g/mol. The van der Waals surface area contributed by atoms with Crippen molar-refractivity contribution in [3.63, 3.8) is 0 Å².